The second-order valence-electron chi connectivity index (χ2n) is 5.58. The summed E-state index contributed by atoms with van der Waals surface area (Å²) in [6.45, 7) is 0. The summed E-state index contributed by atoms with van der Waals surface area (Å²) in [4.78, 5) is 16.7. The zero-order valence-electron chi connectivity index (χ0n) is 15.0. The monoisotopic (exact) mass is 478 g/mol. The van der Waals surface area contributed by atoms with Crippen LogP contribution in [0, 0.1) is 0 Å². The summed E-state index contributed by atoms with van der Waals surface area (Å²) in [6, 6.07) is 11.1. The van der Waals surface area contributed by atoms with E-state index in [0.717, 1.165) is 21.3 Å². The molecular formula is C20H16BrClN2O3S. The maximum Gasteiger partial charge on any atom is 0.250 e. The fourth-order valence-electron chi connectivity index (χ4n) is 2.48. The summed E-state index contributed by atoms with van der Waals surface area (Å²) in [5, 5.41) is 5.73. The molecule has 1 aromatic heterocycles. The van der Waals surface area contributed by atoms with Crippen molar-refractivity contribution in [3.8, 4) is 22.8 Å². The normalized spacial score (nSPS) is 10.9. The van der Waals surface area contributed by atoms with Gasteiger partial charge < -0.3 is 9.47 Å². The van der Waals surface area contributed by atoms with E-state index < -0.39 is 0 Å². The van der Waals surface area contributed by atoms with Crippen molar-refractivity contribution in [1.29, 1.82) is 0 Å². The van der Waals surface area contributed by atoms with Gasteiger partial charge in [-0.2, -0.15) is 0 Å². The molecule has 0 unspecified atom stereocenters. The Balaban J connectivity index is 1.71. The lowest BCUT2D eigenvalue weighted by atomic mass is 10.2. The first-order chi connectivity index (χ1) is 13.5. The van der Waals surface area contributed by atoms with Gasteiger partial charge in [0.05, 0.1) is 24.4 Å². The van der Waals surface area contributed by atoms with Crippen LogP contribution < -0.4 is 14.8 Å². The molecule has 3 aromatic rings. The third kappa shape index (κ3) is 4.73. The fourth-order valence-corrected chi connectivity index (χ4v) is 4.04. The van der Waals surface area contributed by atoms with Crippen LogP contribution in [-0.4, -0.2) is 25.1 Å². The molecule has 1 N–H and O–H groups in total. The Labute approximate surface area is 180 Å². The Morgan fingerprint density at radius 3 is 2.75 bits per heavy atom. The maximum absolute atomic E-state index is 12.2. The van der Waals surface area contributed by atoms with E-state index in [1.54, 1.807) is 32.4 Å². The van der Waals surface area contributed by atoms with Crippen LogP contribution in [0.2, 0.25) is 5.02 Å². The van der Waals surface area contributed by atoms with Crippen LogP contribution in [0.25, 0.3) is 17.3 Å². The highest BCUT2D eigenvalue weighted by Gasteiger charge is 2.11. The fraction of sp³-hybridized carbons (Fsp3) is 0.100. The van der Waals surface area contributed by atoms with Crippen LogP contribution in [-0.2, 0) is 4.79 Å². The molecule has 0 bridgehead atoms. The van der Waals surface area contributed by atoms with E-state index in [0.29, 0.717) is 21.7 Å². The number of ether oxygens (including phenoxy) is 2. The molecule has 0 saturated heterocycles. The highest BCUT2D eigenvalue weighted by molar-refractivity contribution is 9.10. The molecule has 5 nitrogen and oxygen atoms in total. The van der Waals surface area contributed by atoms with Gasteiger partial charge in [0.2, 0.25) is 5.91 Å². The van der Waals surface area contributed by atoms with Gasteiger partial charge in [-0.15, -0.1) is 11.3 Å². The number of carbonyl (C=O) groups excluding carboxylic acids is 1. The Morgan fingerprint density at radius 1 is 1.25 bits per heavy atom. The number of halogens is 2. The van der Waals surface area contributed by atoms with Crippen molar-refractivity contribution in [2.24, 2.45) is 0 Å². The summed E-state index contributed by atoms with van der Waals surface area (Å²) in [5.41, 5.74) is 2.33. The van der Waals surface area contributed by atoms with Crippen LogP contribution in [0.15, 0.2) is 52.3 Å². The molecule has 3 rings (SSSR count). The van der Waals surface area contributed by atoms with Crippen molar-refractivity contribution in [2.75, 3.05) is 19.5 Å². The Kier molecular flexibility index (Phi) is 6.72. The first-order valence-corrected chi connectivity index (χ1v) is 10.2. The number of hydrogen-bond acceptors (Lipinski definition) is 5. The second kappa shape index (κ2) is 9.23. The third-order valence-electron chi connectivity index (χ3n) is 3.77. The molecule has 144 valence electrons. The zero-order valence-corrected chi connectivity index (χ0v) is 18.2. The maximum atomic E-state index is 12.2. The van der Waals surface area contributed by atoms with E-state index in [2.05, 4.69) is 26.2 Å². The highest BCUT2D eigenvalue weighted by atomic mass is 79.9. The van der Waals surface area contributed by atoms with E-state index in [1.807, 2.05) is 29.6 Å². The average molecular weight is 480 g/mol. The number of thiazole rings is 1. The number of amides is 1. The predicted octanol–water partition coefficient (Wildman–Crippen LogP) is 5.90. The Hall–Kier alpha value is -2.35. The lowest BCUT2D eigenvalue weighted by Crippen LogP contribution is -2.07. The molecule has 1 amide bonds. The number of anilines is 1. The quantitative estimate of drug-likeness (QED) is 0.448. The molecule has 0 radical (unpaired) electrons. The minimum Gasteiger partial charge on any atom is -0.493 e. The molecule has 0 fully saturated rings. The van der Waals surface area contributed by atoms with Crippen LogP contribution in [0.4, 0.5) is 5.13 Å². The SMILES string of the molecule is COc1cc(/C=C/C(=O)Nc2nc(-c3ccccc3Cl)cs2)cc(Br)c1OC. The van der Waals surface area contributed by atoms with E-state index in [4.69, 9.17) is 21.1 Å². The Bertz CT molecular complexity index is 1040. The van der Waals surface area contributed by atoms with Gasteiger partial charge in [0.15, 0.2) is 16.6 Å². The number of aromatic nitrogens is 1. The molecule has 1 heterocycles. The largest absolute Gasteiger partial charge is 0.493 e. The van der Waals surface area contributed by atoms with Gasteiger partial charge in [-0.25, -0.2) is 4.98 Å². The van der Waals surface area contributed by atoms with Crippen molar-refractivity contribution in [3.05, 3.63) is 62.9 Å². The lowest BCUT2D eigenvalue weighted by Gasteiger charge is -2.10. The summed E-state index contributed by atoms with van der Waals surface area (Å²) in [6.07, 6.45) is 3.12. The van der Waals surface area contributed by atoms with E-state index >= 15 is 0 Å². The van der Waals surface area contributed by atoms with Crippen molar-refractivity contribution < 1.29 is 14.3 Å². The first kappa shape index (κ1) is 20.4. The predicted molar refractivity (Wildman–Crippen MR) is 117 cm³/mol. The second-order valence-corrected chi connectivity index (χ2v) is 7.70. The van der Waals surface area contributed by atoms with Gasteiger partial charge in [-0.05, 0) is 45.8 Å². The molecular weight excluding hydrogens is 464 g/mol. The number of hydrogen-bond donors (Lipinski definition) is 1. The molecule has 0 spiro atoms. The molecule has 0 aliphatic heterocycles. The number of nitrogens with zero attached hydrogens (tertiary/aromatic N) is 1. The first-order valence-electron chi connectivity index (χ1n) is 8.13. The van der Waals surface area contributed by atoms with Gasteiger partial charge in [0.25, 0.3) is 0 Å². The minimum absolute atomic E-state index is 0.286. The van der Waals surface area contributed by atoms with E-state index in [-0.39, 0.29) is 5.91 Å². The minimum atomic E-state index is -0.286. The van der Waals surface area contributed by atoms with Gasteiger partial charge >= 0.3 is 0 Å². The van der Waals surface area contributed by atoms with Crippen molar-refractivity contribution in [1.82, 2.24) is 4.98 Å². The molecule has 0 atom stereocenters. The zero-order chi connectivity index (χ0) is 20.1. The summed E-state index contributed by atoms with van der Waals surface area (Å²) < 4.78 is 11.3. The summed E-state index contributed by atoms with van der Waals surface area (Å²) in [5.74, 6) is 0.881. The average Bonchev–Trinajstić information content (AvgIpc) is 3.14. The smallest absolute Gasteiger partial charge is 0.250 e. The van der Waals surface area contributed by atoms with Crippen molar-refractivity contribution in [3.63, 3.8) is 0 Å². The number of methoxy groups -OCH3 is 2. The molecule has 8 heteroatoms. The number of rotatable bonds is 6. The third-order valence-corrected chi connectivity index (χ3v) is 5.44. The van der Waals surface area contributed by atoms with Crippen LogP contribution in [0.1, 0.15) is 5.56 Å². The highest BCUT2D eigenvalue weighted by Crippen LogP contribution is 2.36. The summed E-state index contributed by atoms with van der Waals surface area (Å²) >= 11 is 11.0. The number of carbonyl (C=O) groups is 1. The van der Waals surface area contributed by atoms with Crippen LogP contribution in [0.5, 0.6) is 11.5 Å². The Morgan fingerprint density at radius 2 is 2.04 bits per heavy atom. The molecule has 0 aliphatic carbocycles. The van der Waals surface area contributed by atoms with Crippen LogP contribution >= 0.6 is 38.9 Å². The number of benzene rings is 2. The van der Waals surface area contributed by atoms with Crippen LogP contribution in [0.3, 0.4) is 0 Å². The van der Waals surface area contributed by atoms with Gasteiger partial charge in [-0.1, -0.05) is 29.8 Å². The summed E-state index contributed by atoms with van der Waals surface area (Å²) in [7, 11) is 3.13. The molecule has 2 aromatic carbocycles. The molecule has 0 aliphatic rings. The van der Waals surface area contributed by atoms with Crippen molar-refractivity contribution in [2.45, 2.75) is 0 Å². The number of nitrogens with one attached hydrogen (secondary N) is 1. The standard InChI is InChI=1S/C20H16BrClN2O3S/c1-26-17-10-12(9-14(21)19(17)27-2)7-8-18(25)24-20-23-16(11-28-20)13-5-3-4-6-15(13)22/h3-11H,1-2H3,(H,23,24,25)/b8-7+. The van der Waals surface area contributed by atoms with Crippen molar-refractivity contribution >= 4 is 56.0 Å². The van der Waals surface area contributed by atoms with E-state index in [1.165, 1.54) is 17.4 Å². The topological polar surface area (TPSA) is 60.5 Å². The van der Waals surface area contributed by atoms with Gasteiger partial charge in [0, 0.05) is 22.0 Å². The van der Waals surface area contributed by atoms with E-state index in [9.17, 15) is 4.79 Å². The molecule has 28 heavy (non-hydrogen) atoms. The van der Waals surface area contributed by atoms with Gasteiger partial charge in [0.1, 0.15) is 0 Å². The lowest BCUT2D eigenvalue weighted by molar-refractivity contribution is -0.111. The molecule has 0 saturated carbocycles. The van der Waals surface area contributed by atoms with Gasteiger partial charge in [-0.3, -0.25) is 10.1 Å².